The molecule has 142 valence electrons. The Morgan fingerprint density at radius 1 is 1.04 bits per heavy atom. The molecule has 0 aliphatic rings. The molecule has 0 bridgehead atoms. The Hall–Kier alpha value is -1.79. The molecule has 0 aromatic heterocycles. The molecule has 0 amide bonds. The molecule has 0 atom stereocenters. The molecule has 1 aromatic rings. The molecule has 25 heavy (non-hydrogen) atoms. The first kappa shape index (κ1) is 21.3. The second-order valence-corrected chi connectivity index (χ2v) is 6.25. The van der Waals surface area contributed by atoms with Crippen molar-refractivity contribution in [2.45, 2.75) is 20.3 Å². The molecule has 2 N–H and O–H groups in total. The number of likely N-dealkylation sites (N-methyl/N-ethyl adjacent to an activating group) is 1. The van der Waals surface area contributed by atoms with E-state index < -0.39 is 0 Å². The quantitative estimate of drug-likeness (QED) is 0.362. The predicted molar refractivity (Wildman–Crippen MR) is 105 cm³/mol. The molecule has 0 aliphatic heterocycles. The second kappa shape index (κ2) is 12.6. The molecular weight excluding hydrogens is 316 g/mol. The summed E-state index contributed by atoms with van der Waals surface area (Å²) in [7, 11) is 5.63. The van der Waals surface area contributed by atoms with Gasteiger partial charge in [-0.05, 0) is 50.6 Å². The van der Waals surface area contributed by atoms with E-state index in [1.165, 1.54) is 11.1 Å². The largest absolute Gasteiger partial charge is 0.492 e. The second-order valence-electron chi connectivity index (χ2n) is 6.25. The molecule has 0 heterocycles. The summed E-state index contributed by atoms with van der Waals surface area (Å²) in [6, 6.07) is 6.25. The number of rotatable bonds is 11. The summed E-state index contributed by atoms with van der Waals surface area (Å²) >= 11 is 0. The fourth-order valence-corrected chi connectivity index (χ4v) is 2.53. The third kappa shape index (κ3) is 9.94. The Balaban J connectivity index is 2.17. The number of nitrogens with zero attached hydrogens (tertiary/aromatic N) is 2. The molecule has 0 fully saturated rings. The van der Waals surface area contributed by atoms with E-state index in [-0.39, 0.29) is 0 Å². The van der Waals surface area contributed by atoms with Crippen molar-refractivity contribution in [1.82, 2.24) is 15.5 Å². The Bertz CT molecular complexity index is 500. The van der Waals surface area contributed by atoms with Crippen LogP contribution in [0.1, 0.15) is 17.5 Å². The summed E-state index contributed by atoms with van der Waals surface area (Å²) in [6.07, 6.45) is 1.05. The number of nitrogens with one attached hydrogen (secondary N) is 2. The number of guanidine groups is 1. The zero-order chi connectivity index (χ0) is 18.5. The van der Waals surface area contributed by atoms with Gasteiger partial charge in [-0.25, -0.2) is 0 Å². The van der Waals surface area contributed by atoms with E-state index >= 15 is 0 Å². The normalized spacial score (nSPS) is 11.7. The van der Waals surface area contributed by atoms with Crippen molar-refractivity contribution in [3.8, 4) is 5.75 Å². The number of hydrogen-bond acceptors (Lipinski definition) is 4. The van der Waals surface area contributed by atoms with E-state index in [1.807, 2.05) is 0 Å². The van der Waals surface area contributed by atoms with Crippen LogP contribution in [-0.2, 0) is 4.74 Å². The van der Waals surface area contributed by atoms with E-state index in [0.717, 1.165) is 44.4 Å². The molecular formula is C19H34N4O2. The van der Waals surface area contributed by atoms with Crippen molar-refractivity contribution in [3.63, 3.8) is 0 Å². The number of hydrogen-bond donors (Lipinski definition) is 2. The zero-order valence-electron chi connectivity index (χ0n) is 16.4. The van der Waals surface area contributed by atoms with Crippen LogP contribution >= 0.6 is 0 Å². The topological polar surface area (TPSA) is 58.1 Å². The van der Waals surface area contributed by atoms with E-state index in [1.54, 1.807) is 14.2 Å². The van der Waals surface area contributed by atoms with Gasteiger partial charge in [-0.3, -0.25) is 4.99 Å². The van der Waals surface area contributed by atoms with E-state index in [0.29, 0.717) is 13.2 Å². The lowest BCUT2D eigenvalue weighted by Crippen LogP contribution is -2.42. The summed E-state index contributed by atoms with van der Waals surface area (Å²) in [5, 5.41) is 6.59. The van der Waals surface area contributed by atoms with Crippen LogP contribution in [-0.4, -0.2) is 71.5 Å². The first-order valence-corrected chi connectivity index (χ1v) is 8.88. The number of ether oxygens (including phenoxy) is 2. The third-order valence-electron chi connectivity index (χ3n) is 3.76. The van der Waals surface area contributed by atoms with Gasteiger partial charge in [0.05, 0.1) is 6.54 Å². The maximum absolute atomic E-state index is 5.79. The van der Waals surface area contributed by atoms with Crippen LogP contribution < -0.4 is 15.4 Å². The van der Waals surface area contributed by atoms with Crippen LogP contribution in [0.2, 0.25) is 0 Å². The minimum atomic E-state index is 0.598. The van der Waals surface area contributed by atoms with Gasteiger partial charge in [0.2, 0.25) is 0 Å². The molecule has 0 radical (unpaired) electrons. The molecule has 0 aliphatic carbocycles. The zero-order valence-corrected chi connectivity index (χ0v) is 16.4. The van der Waals surface area contributed by atoms with Gasteiger partial charge in [-0.15, -0.1) is 0 Å². The van der Waals surface area contributed by atoms with Crippen molar-refractivity contribution < 1.29 is 9.47 Å². The minimum absolute atomic E-state index is 0.598. The maximum atomic E-state index is 5.79. The number of aliphatic imine (C=N–C) groups is 1. The van der Waals surface area contributed by atoms with Gasteiger partial charge >= 0.3 is 0 Å². The van der Waals surface area contributed by atoms with Crippen LogP contribution in [0.4, 0.5) is 0 Å². The molecule has 6 heteroatoms. The lowest BCUT2D eigenvalue weighted by atomic mass is 10.1. The highest BCUT2D eigenvalue weighted by Gasteiger charge is 2.01. The van der Waals surface area contributed by atoms with E-state index in [2.05, 4.69) is 59.6 Å². The molecule has 0 unspecified atom stereocenters. The average molecular weight is 351 g/mol. The number of methoxy groups -OCH3 is 1. The molecule has 0 spiro atoms. The molecule has 6 nitrogen and oxygen atoms in total. The average Bonchev–Trinajstić information content (AvgIpc) is 2.56. The van der Waals surface area contributed by atoms with E-state index in [4.69, 9.17) is 9.47 Å². The van der Waals surface area contributed by atoms with Gasteiger partial charge in [-0.1, -0.05) is 6.07 Å². The van der Waals surface area contributed by atoms with Gasteiger partial charge in [0.1, 0.15) is 12.4 Å². The summed E-state index contributed by atoms with van der Waals surface area (Å²) in [5.41, 5.74) is 2.44. The van der Waals surface area contributed by atoms with Gasteiger partial charge in [0.25, 0.3) is 0 Å². The molecule has 0 saturated heterocycles. The lowest BCUT2D eigenvalue weighted by molar-refractivity contribution is 0.180. The SMILES string of the molecule is CN=C(NCCOc1cc(C)cc(C)c1)NCCN(C)CCCOC. The maximum Gasteiger partial charge on any atom is 0.191 e. The fourth-order valence-electron chi connectivity index (χ4n) is 2.53. The smallest absolute Gasteiger partial charge is 0.191 e. The van der Waals surface area contributed by atoms with Gasteiger partial charge in [0, 0.05) is 40.4 Å². The highest BCUT2D eigenvalue weighted by molar-refractivity contribution is 5.79. The third-order valence-corrected chi connectivity index (χ3v) is 3.76. The van der Waals surface area contributed by atoms with Crippen molar-refractivity contribution >= 4 is 5.96 Å². The standard InChI is InChI=1S/C19H34N4O2/c1-16-13-17(2)15-18(14-16)25-12-8-22-19(20-3)21-7-10-23(4)9-6-11-24-5/h13-15H,6-12H2,1-5H3,(H2,20,21,22). The monoisotopic (exact) mass is 350 g/mol. The highest BCUT2D eigenvalue weighted by atomic mass is 16.5. The predicted octanol–water partition coefficient (Wildman–Crippen LogP) is 1.82. The van der Waals surface area contributed by atoms with Crippen LogP contribution in [0.15, 0.2) is 23.2 Å². The first-order chi connectivity index (χ1) is 12.0. The Kier molecular flexibility index (Phi) is 10.7. The Morgan fingerprint density at radius 2 is 1.72 bits per heavy atom. The van der Waals surface area contributed by atoms with Gasteiger partial charge in [-0.2, -0.15) is 0 Å². The van der Waals surface area contributed by atoms with Gasteiger partial charge < -0.3 is 25.0 Å². The lowest BCUT2D eigenvalue weighted by Gasteiger charge is -2.18. The summed E-state index contributed by atoms with van der Waals surface area (Å²) in [6.45, 7) is 9.11. The Labute approximate surface area is 152 Å². The van der Waals surface area contributed by atoms with E-state index in [9.17, 15) is 0 Å². The van der Waals surface area contributed by atoms with Crippen molar-refractivity contribution in [2.24, 2.45) is 4.99 Å². The van der Waals surface area contributed by atoms with Crippen LogP contribution in [0.25, 0.3) is 0 Å². The Morgan fingerprint density at radius 3 is 2.36 bits per heavy atom. The van der Waals surface area contributed by atoms with Crippen LogP contribution in [0.5, 0.6) is 5.75 Å². The first-order valence-electron chi connectivity index (χ1n) is 8.88. The van der Waals surface area contributed by atoms with Crippen molar-refractivity contribution in [3.05, 3.63) is 29.3 Å². The minimum Gasteiger partial charge on any atom is -0.492 e. The summed E-state index contributed by atoms with van der Waals surface area (Å²) < 4.78 is 10.9. The summed E-state index contributed by atoms with van der Waals surface area (Å²) in [4.78, 5) is 6.51. The van der Waals surface area contributed by atoms with Crippen LogP contribution in [0, 0.1) is 13.8 Å². The molecule has 1 rings (SSSR count). The molecule has 1 aromatic carbocycles. The number of aryl methyl sites for hydroxylation is 2. The van der Waals surface area contributed by atoms with Crippen molar-refractivity contribution in [2.75, 3.05) is 60.6 Å². The van der Waals surface area contributed by atoms with Gasteiger partial charge in [0.15, 0.2) is 5.96 Å². The summed E-state index contributed by atoms with van der Waals surface area (Å²) in [5.74, 6) is 1.72. The number of benzene rings is 1. The fraction of sp³-hybridized carbons (Fsp3) is 0.632. The highest BCUT2D eigenvalue weighted by Crippen LogP contribution is 2.15. The molecule has 0 saturated carbocycles. The van der Waals surface area contributed by atoms with Crippen LogP contribution in [0.3, 0.4) is 0 Å². The van der Waals surface area contributed by atoms with Crippen molar-refractivity contribution in [1.29, 1.82) is 0 Å².